The smallest absolute Gasteiger partial charge is 0.305 e. The van der Waals surface area contributed by atoms with Gasteiger partial charge in [-0.2, -0.15) is 0 Å². The average molecular weight is 844 g/mol. The standard InChI is InChI=1S/C54H101NO5/c1-3-5-7-9-11-13-15-17-19-20-21-22-23-26-30-34-38-42-46-52(57)51(50-56)55-53(58)47-43-39-35-31-27-25-29-33-37-41-45-49-60-54(59)48-44-40-36-32-28-24-18-16-14-12-10-8-6-4-2/h16,18,29,33,42,46,51-52,56-57H,3-15,17,19-28,30-32,34-41,43-45,47-50H2,1-2H3,(H,55,58)/b18-16-,33-29-,46-42+. The van der Waals surface area contributed by atoms with Crippen molar-refractivity contribution in [1.82, 2.24) is 5.32 Å². The third-order valence-electron chi connectivity index (χ3n) is 11.9. The molecule has 0 spiro atoms. The molecule has 6 heteroatoms. The van der Waals surface area contributed by atoms with Crippen molar-refractivity contribution < 1.29 is 24.5 Å². The zero-order valence-corrected chi connectivity index (χ0v) is 39.9. The van der Waals surface area contributed by atoms with Gasteiger partial charge in [0.05, 0.1) is 25.4 Å². The van der Waals surface area contributed by atoms with Crippen molar-refractivity contribution in [3.63, 3.8) is 0 Å². The number of allylic oxidation sites excluding steroid dienone is 5. The van der Waals surface area contributed by atoms with Gasteiger partial charge in [-0.1, -0.05) is 211 Å². The molecule has 0 aliphatic rings. The first-order valence-electron chi connectivity index (χ1n) is 26.3. The molecule has 0 saturated carbocycles. The first-order valence-corrected chi connectivity index (χ1v) is 26.3. The Balaban J connectivity index is 3.57. The first-order chi connectivity index (χ1) is 29.5. The molecule has 0 rings (SSSR count). The summed E-state index contributed by atoms with van der Waals surface area (Å²) >= 11 is 0. The number of hydrogen-bond acceptors (Lipinski definition) is 5. The van der Waals surface area contributed by atoms with Crippen LogP contribution in [0, 0.1) is 0 Å². The maximum absolute atomic E-state index is 12.4. The van der Waals surface area contributed by atoms with Gasteiger partial charge in [-0.15, -0.1) is 0 Å². The van der Waals surface area contributed by atoms with Crippen molar-refractivity contribution in [3.05, 3.63) is 36.5 Å². The normalized spacial score (nSPS) is 12.9. The molecule has 0 aromatic heterocycles. The number of nitrogens with one attached hydrogen (secondary N) is 1. The number of carbonyl (C=O) groups is 2. The Morgan fingerprint density at radius 2 is 0.783 bits per heavy atom. The molecule has 0 aromatic rings. The van der Waals surface area contributed by atoms with Crippen LogP contribution in [0.3, 0.4) is 0 Å². The fraction of sp³-hybridized carbons (Fsp3) is 0.852. The van der Waals surface area contributed by atoms with Gasteiger partial charge >= 0.3 is 5.97 Å². The minimum Gasteiger partial charge on any atom is -0.466 e. The predicted molar refractivity (Wildman–Crippen MR) is 259 cm³/mol. The molecule has 3 N–H and O–H groups in total. The number of ether oxygens (including phenoxy) is 1. The fourth-order valence-corrected chi connectivity index (χ4v) is 7.80. The van der Waals surface area contributed by atoms with Crippen molar-refractivity contribution in [1.29, 1.82) is 0 Å². The topological polar surface area (TPSA) is 95.9 Å². The molecule has 0 bridgehead atoms. The van der Waals surface area contributed by atoms with Crippen LogP contribution < -0.4 is 5.32 Å². The lowest BCUT2D eigenvalue weighted by atomic mass is 10.0. The van der Waals surface area contributed by atoms with Crippen molar-refractivity contribution in [2.75, 3.05) is 13.2 Å². The fourth-order valence-electron chi connectivity index (χ4n) is 7.80. The molecule has 2 unspecified atom stereocenters. The first kappa shape index (κ1) is 58.1. The Bertz CT molecular complexity index is 977. The van der Waals surface area contributed by atoms with Gasteiger partial charge in [-0.25, -0.2) is 0 Å². The van der Waals surface area contributed by atoms with E-state index in [2.05, 4.69) is 43.5 Å². The molecule has 0 aliphatic carbocycles. The molecule has 0 heterocycles. The second-order valence-electron chi connectivity index (χ2n) is 17.8. The monoisotopic (exact) mass is 844 g/mol. The van der Waals surface area contributed by atoms with E-state index in [1.54, 1.807) is 6.08 Å². The molecule has 0 aliphatic heterocycles. The highest BCUT2D eigenvalue weighted by atomic mass is 16.5. The summed E-state index contributed by atoms with van der Waals surface area (Å²) in [7, 11) is 0. The number of rotatable bonds is 48. The molecule has 352 valence electrons. The van der Waals surface area contributed by atoms with Gasteiger partial charge in [0, 0.05) is 12.8 Å². The van der Waals surface area contributed by atoms with E-state index in [9.17, 15) is 19.8 Å². The van der Waals surface area contributed by atoms with Gasteiger partial charge in [-0.05, 0) is 83.5 Å². The van der Waals surface area contributed by atoms with Crippen molar-refractivity contribution >= 4 is 11.9 Å². The van der Waals surface area contributed by atoms with E-state index in [1.807, 2.05) is 6.08 Å². The van der Waals surface area contributed by atoms with Gasteiger partial charge in [0.1, 0.15) is 0 Å². The summed E-state index contributed by atoms with van der Waals surface area (Å²) in [5.41, 5.74) is 0. The molecular weight excluding hydrogens is 743 g/mol. The van der Waals surface area contributed by atoms with Crippen LogP contribution in [-0.2, 0) is 14.3 Å². The Morgan fingerprint density at radius 1 is 0.450 bits per heavy atom. The quantitative estimate of drug-likeness (QED) is 0.0322. The van der Waals surface area contributed by atoms with Crippen LogP contribution in [0.2, 0.25) is 0 Å². The number of aliphatic hydroxyl groups excluding tert-OH is 2. The Labute approximate surface area is 373 Å². The van der Waals surface area contributed by atoms with Gasteiger partial charge < -0.3 is 20.3 Å². The lowest BCUT2D eigenvalue weighted by Crippen LogP contribution is -2.45. The van der Waals surface area contributed by atoms with Crippen LogP contribution in [0.4, 0.5) is 0 Å². The summed E-state index contributed by atoms with van der Waals surface area (Å²) in [4.78, 5) is 24.4. The summed E-state index contributed by atoms with van der Waals surface area (Å²) in [6.07, 6.45) is 60.0. The van der Waals surface area contributed by atoms with Gasteiger partial charge in [-0.3, -0.25) is 9.59 Å². The van der Waals surface area contributed by atoms with Gasteiger partial charge in [0.2, 0.25) is 5.91 Å². The minimum atomic E-state index is -0.863. The van der Waals surface area contributed by atoms with Gasteiger partial charge in [0.15, 0.2) is 0 Å². The molecule has 0 radical (unpaired) electrons. The van der Waals surface area contributed by atoms with Crippen molar-refractivity contribution in [3.8, 4) is 0 Å². The molecule has 0 fully saturated rings. The van der Waals surface area contributed by atoms with E-state index in [0.717, 1.165) is 83.5 Å². The van der Waals surface area contributed by atoms with Crippen LogP contribution in [0.5, 0.6) is 0 Å². The predicted octanol–water partition coefficient (Wildman–Crippen LogP) is 15.7. The van der Waals surface area contributed by atoms with Crippen LogP contribution in [0.15, 0.2) is 36.5 Å². The summed E-state index contributed by atoms with van der Waals surface area (Å²) in [5, 5.41) is 23.1. The Hall–Kier alpha value is -1.92. The Kier molecular flexibility index (Phi) is 48.1. The number of hydrogen-bond donors (Lipinski definition) is 3. The van der Waals surface area contributed by atoms with Crippen LogP contribution in [0.25, 0.3) is 0 Å². The zero-order valence-electron chi connectivity index (χ0n) is 39.9. The molecular formula is C54H101NO5. The van der Waals surface area contributed by atoms with E-state index in [0.29, 0.717) is 19.4 Å². The Morgan fingerprint density at radius 3 is 1.18 bits per heavy atom. The van der Waals surface area contributed by atoms with E-state index < -0.39 is 12.1 Å². The van der Waals surface area contributed by atoms with E-state index in [-0.39, 0.29) is 18.5 Å². The number of carbonyl (C=O) groups excluding carboxylic acids is 2. The summed E-state index contributed by atoms with van der Waals surface area (Å²) < 4.78 is 5.43. The summed E-state index contributed by atoms with van der Waals surface area (Å²) in [6.45, 7) is 4.81. The largest absolute Gasteiger partial charge is 0.466 e. The van der Waals surface area contributed by atoms with Crippen LogP contribution >= 0.6 is 0 Å². The molecule has 2 atom stereocenters. The van der Waals surface area contributed by atoms with E-state index in [1.165, 1.54) is 161 Å². The lowest BCUT2D eigenvalue weighted by Gasteiger charge is -2.20. The van der Waals surface area contributed by atoms with E-state index >= 15 is 0 Å². The molecule has 0 saturated heterocycles. The van der Waals surface area contributed by atoms with Crippen molar-refractivity contribution in [2.24, 2.45) is 0 Å². The molecule has 60 heavy (non-hydrogen) atoms. The molecule has 6 nitrogen and oxygen atoms in total. The number of aliphatic hydroxyl groups is 2. The second kappa shape index (κ2) is 49.7. The van der Waals surface area contributed by atoms with Crippen LogP contribution in [0.1, 0.15) is 271 Å². The average Bonchev–Trinajstić information content (AvgIpc) is 3.25. The highest BCUT2D eigenvalue weighted by Crippen LogP contribution is 2.15. The zero-order chi connectivity index (χ0) is 43.7. The third kappa shape index (κ3) is 45.6. The number of esters is 1. The molecule has 1 amide bonds. The van der Waals surface area contributed by atoms with Gasteiger partial charge in [0.25, 0.3) is 0 Å². The maximum Gasteiger partial charge on any atom is 0.305 e. The summed E-state index contributed by atoms with van der Waals surface area (Å²) in [5.74, 6) is -0.139. The second-order valence-corrected chi connectivity index (χ2v) is 17.8. The van der Waals surface area contributed by atoms with E-state index in [4.69, 9.17) is 4.74 Å². The highest BCUT2D eigenvalue weighted by Gasteiger charge is 2.18. The molecule has 0 aromatic carbocycles. The van der Waals surface area contributed by atoms with Crippen molar-refractivity contribution in [2.45, 2.75) is 283 Å². The minimum absolute atomic E-state index is 0.0419. The lowest BCUT2D eigenvalue weighted by molar-refractivity contribution is -0.143. The maximum atomic E-state index is 12.4. The number of unbranched alkanes of at least 4 members (excludes halogenated alkanes) is 33. The highest BCUT2D eigenvalue weighted by molar-refractivity contribution is 5.76. The SMILES string of the molecule is CCCCCCC/C=C\CCCCCCCC(=O)OCCCC/C=C\CCCCCCCC(=O)NC(CO)C(O)/C=C/CCCCCCCCCCCCCCCCCC. The summed E-state index contributed by atoms with van der Waals surface area (Å²) in [6, 6.07) is -0.650. The van der Waals surface area contributed by atoms with Crippen LogP contribution in [-0.4, -0.2) is 47.4 Å². The number of amides is 1. The third-order valence-corrected chi connectivity index (χ3v) is 11.9.